The van der Waals surface area contributed by atoms with Crippen LogP contribution in [0.3, 0.4) is 0 Å². The first kappa shape index (κ1) is 20.3. The maximum atomic E-state index is 11.8. The molecule has 0 unspecified atom stereocenters. The summed E-state index contributed by atoms with van der Waals surface area (Å²) in [6, 6.07) is -0.125. The molecule has 0 aromatic carbocycles. The molecule has 1 N–H and O–H groups in total. The van der Waals surface area contributed by atoms with Gasteiger partial charge in [-0.25, -0.2) is 0 Å². The Labute approximate surface area is 129 Å². The Morgan fingerprint density at radius 1 is 0.905 bits per heavy atom. The van der Waals surface area contributed by atoms with Crippen LogP contribution in [-0.2, 0) is 19.0 Å². The lowest BCUT2D eigenvalue weighted by atomic mass is 10.2. The summed E-state index contributed by atoms with van der Waals surface area (Å²) < 4.78 is 16.4. The summed E-state index contributed by atoms with van der Waals surface area (Å²) in [6.07, 6.45) is 0.908. The van der Waals surface area contributed by atoms with Gasteiger partial charge in [-0.05, 0) is 18.3 Å². The van der Waals surface area contributed by atoms with Gasteiger partial charge in [0.25, 0.3) is 0 Å². The van der Waals surface area contributed by atoms with Crippen LogP contribution >= 0.6 is 0 Å². The molecule has 0 heterocycles. The maximum absolute atomic E-state index is 11.8. The second-order valence-electron chi connectivity index (χ2n) is 6.18. The molecule has 0 aromatic heterocycles. The third-order valence-electron chi connectivity index (χ3n) is 2.49. The number of ether oxygens (including phenoxy) is 3. The lowest BCUT2D eigenvalue weighted by Gasteiger charge is -2.20. The molecule has 0 aliphatic carbocycles. The van der Waals surface area contributed by atoms with Crippen molar-refractivity contribution in [3.8, 4) is 0 Å². The van der Waals surface area contributed by atoms with Crippen molar-refractivity contribution in [3.63, 3.8) is 0 Å². The third-order valence-corrected chi connectivity index (χ3v) is 2.49. The zero-order valence-corrected chi connectivity index (χ0v) is 14.3. The zero-order chi connectivity index (χ0) is 16.1. The SMILES string of the molecule is CCCOCC(=O)NC(COCC(C)C)COCC(C)C. The normalized spacial score (nSPS) is 11.6. The first-order valence-corrected chi connectivity index (χ1v) is 7.98. The lowest BCUT2D eigenvalue weighted by Crippen LogP contribution is -2.43. The molecule has 21 heavy (non-hydrogen) atoms. The van der Waals surface area contributed by atoms with Gasteiger partial charge in [-0.2, -0.15) is 0 Å². The van der Waals surface area contributed by atoms with Crippen molar-refractivity contribution in [2.45, 2.75) is 47.1 Å². The molecule has 5 heteroatoms. The molecular formula is C16H33NO4. The van der Waals surface area contributed by atoms with Crippen molar-refractivity contribution in [2.24, 2.45) is 11.8 Å². The van der Waals surface area contributed by atoms with Crippen LogP contribution in [0.2, 0.25) is 0 Å². The van der Waals surface area contributed by atoms with Gasteiger partial charge in [-0.15, -0.1) is 0 Å². The minimum Gasteiger partial charge on any atom is -0.379 e. The Morgan fingerprint density at radius 2 is 1.43 bits per heavy atom. The second kappa shape index (κ2) is 13.0. The molecule has 5 nitrogen and oxygen atoms in total. The van der Waals surface area contributed by atoms with Crippen molar-refractivity contribution in [3.05, 3.63) is 0 Å². The fourth-order valence-electron chi connectivity index (χ4n) is 1.60. The number of hydrogen-bond donors (Lipinski definition) is 1. The number of nitrogens with one attached hydrogen (secondary N) is 1. The summed E-state index contributed by atoms with van der Waals surface area (Å²) in [7, 11) is 0. The standard InChI is InChI=1S/C16H33NO4/c1-6-7-19-12-16(18)17-15(10-20-8-13(2)3)11-21-9-14(4)5/h13-15H,6-12H2,1-5H3,(H,17,18). The van der Waals surface area contributed by atoms with Crippen LogP contribution in [-0.4, -0.2) is 51.6 Å². The summed E-state index contributed by atoms with van der Waals surface area (Å²) in [6.45, 7) is 13.4. The summed E-state index contributed by atoms with van der Waals surface area (Å²) in [5.74, 6) is 0.839. The van der Waals surface area contributed by atoms with Crippen LogP contribution in [0.15, 0.2) is 0 Å². The molecule has 0 atom stereocenters. The zero-order valence-electron chi connectivity index (χ0n) is 14.3. The number of hydrogen-bond acceptors (Lipinski definition) is 4. The van der Waals surface area contributed by atoms with Gasteiger partial charge in [-0.3, -0.25) is 4.79 Å². The van der Waals surface area contributed by atoms with E-state index in [1.807, 2.05) is 6.92 Å². The highest BCUT2D eigenvalue weighted by molar-refractivity contribution is 5.77. The molecule has 0 saturated heterocycles. The van der Waals surface area contributed by atoms with Crippen LogP contribution in [0.4, 0.5) is 0 Å². The summed E-state index contributed by atoms with van der Waals surface area (Å²) in [5, 5.41) is 2.91. The van der Waals surface area contributed by atoms with Gasteiger partial charge in [0.15, 0.2) is 0 Å². The summed E-state index contributed by atoms with van der Waals surface area (Å²) in [4.78, 5) is 11.8. The molecule has 0 rings (SSSR count). The van der Waals surface area contributed by atoms with E-state index in [0.29, 0.717) is 44.9 Å². The van der Waals surface area contributed by atoms with E-state index in [0.717, 1.165) is 6.42 Å². The average molecular weight is 303 g/mol. The van der Waals surface area contributed by atoms with Gasteiger partial charge in [0.2, 0.25) is 5.91 Å². The fourth-order valence-corrected chi connectivity index (χ4v) is 1.60. The number of carbonyl (C=O) groups excluding carboxylic acids is 1. The van der Waals surface area contributed by atoms with Gasteiger partial charge >= 0.3 is 0 Å². The first-order valence-electron chi connectivity index (χ1n) is 7.98. The van der Waals surface area contributed by atoms with Crippen LogP contribution in [0.1, 0.15) is 41.0 Å². The molecule has 0 saturated carbocycles. The van der Waals surface area contributed by atoms with E-state index in [4.69, 9.17) is 14.2 Å². The number of carbonyl (C=O) groups is 1. The highest BCUT2D eigenvalue weighted by atomic mass is 16.5. The molecule has 1 amide bonds. The predicted octanol–water partition coefficient (Wildman–Crippen LogP) is 2.24. The quantitative estimate of drug-likeness (QED) is 0.530. The van der Waals surface area contributed by atoms with Gasteiger partial charge in [0.1, 0.15) is 6.61 Å². The minimum atomic E-state index is -0.125. The topological polar surface area (TPSA) is 56.8 Å². The van der Waals surface area contributed by atoms with E-state index in [-0.39, 0.29) is 18.6 Å². The molecule has 0 aliphatic rings. The van der Waals surface area contributed by atoms with E-state index in [1.165, 1.54) is 0 Å². The third kappa shape index (κ3) is 14.1. The highest BCUT2D eigenvalue weighted by Crippen LogP contribution is 1.98. The first-order chi connectivity index (χ1) is 9.95. The van der Waals surface area contributed by atoms with Crippen LogP contribution in [0.25, 0.3) is 0 Å². The molecule has 0 aliphatic heterocycles. The fraction of sp³-hybridized carbons (Fsp3) is 0.938. The van der Waals surface area contributed by atoms with Crippen molar-refractivity contribution in [1.82, 2.24) is 5.32 Å². The average Bonchev–Trinajstić information content (AvgIpc) is 2.37. The maximum Gasteiger partial charge on any atom is 0.246 e. The Kier molecular flexibility index (Phi) is 12.6. The molecule has 0 spiro atoms. The Hall–Kier alpha value is -0.650. The van der Waals surface area contributed by atoms with Crippen molar-refractivity contribution in [2.75, 3.05) is 39.6 Å². The van der Waals surface area contributed by atoms with Crippen molar-refractivity contribution in [1.29, 1.82) is 0 Å². The Bertz CT molecular complexity index is 243. The summed E-state index contributed by atoms with van der Waals surface area (Å²) in [5.41, 5.74) is 0. The second-order valence-corrected chi connectivity index (χ2v) is 6.18. The van der Waals surface area contributed by atoms with E-state index in [9.17, 15) is 4.79 Å². The monoisotopic (exact) mass is 303 g/mol. The van der Waals surface area contributed by atoms with Crippen LogP contribution in [0.5, 0.6) is 0 Å². The molecule has 0 bridgehead atoms. The van der Waals surface area contributed by atoms with Gasteiger partial charge in [-0.1, -0.05) is 34.6 Å². The van der Waals surface area contributed by atoms with Crippen LogP contribution < -0.4 is 5.32 Å². The van der Waals surface area contributed by atoms with E-state index in [2.05, 4.69) is 33.0 Å². The Morgan fingerprint density at radius 3 is 1.86 bits per heavy atom. The highest BCUT2D eigenvalue weighted by Gasteiger charge is 2.14. The summed E-state index contributed by atoms with van der Waals surface area (Å²) >= 11 is 0. The van der Waals surface area contributed by atoms with E-state index >= 15 is 0 Å². The number of rotatable bonds is 13. The molecule has 0 radical (unpaired) electrons. The smallest absolute Gasteiger partial charge is 0.246 e. The van der Waals surface area contributed by atoms with Crippen molar-refractivity contribution >= 4 is 5.91 Å². The van der Waals surface area contributed by atoms with Crippen LogP contribution in [0, 0.1) is 11.8 Å². The van der Waals surface area contributed by atoms with Gasteiger partial charge in [0.05, 0.1) is 19.3 Å². The van der Waals surface area contributed by atoms with Gasteiger partial charge < -0.3 is 19.5 Å². The van der Waals surface area contributed by atoms with E-state index < -0.39 is 0 Å². The molecule has 0 fully saturated rings. The minimum absolute atomic E-state index is 0.0959. The van der Waals surface area contributed by atoms with Crippen molar-refractivity contribution < 1.29 is 19.0 Å². The lowest BCUT2D eigenvalue weighted by molar-refractivity contribution is -0.127. The molecular weight excluding hydrogens is 270 g/mol. The van der Waals surface area contributed by atoms with E-state index in [1.54, 1.807) is 0 Å². The van der Waals surface area contributed by atoms with Gasteiger partial charge in [0, 0.05) is 19.8 Å². The largest absolute Gasteiger partial charge is 0.379 e. The molecule has 126 valence electrons. The number of amides is 1. The predicted molar refractivity (Wildman–Crippen MR) is 84.4 cm³/mol. The Balaban J connectivity index is 4.06. The molecule has 0 aromatic rings.